The minimum absolute atomic E-state index is 0.0531. The van der Waals surface area contributed by atoms with Gasteiger partial charge >= 0.3 is 5.97 Å². The predicted molar refractivity (Wildman–Crippen MR) is 123 cm³/mol. The molecule has 0 bridgehead atoms. The number of nitrogens with zero attached hydrogens (tertiary/aromatic N) is 4. The number of Topliss-reactive ketones (excluding diaryl/α,β-unsaturated/α-hetero) is 1. The summed E-state index contributed by atoms with van der Waals surface area (Å²) in [4.78, 5) is 39.0. The molecule has 2 aliphatic carbocycles. The van der Waals surface area contributed by atoms with Crippen molar-refractivity contribution in [2.24, 2.45) is 18.9 Å². The zero-order valence-electron chi connectivity index (χ0n) is 19.5. The summed E-state index contributed by atoms with van der Waals surface area (Å²) >= 11 is 0. The number of esters is 1. The Labute approximate surface area is 193 Å². The summed E-state index contributed by atoms with van der Waals surface area (Å²) in [6, 6.07) is 7.66. The van der Waals surface area contributed by atoms with Gasteiger partial charge in [0.25, 0.3) is 0 Å². The second-order valence-electron chi connectivity index (χ2n) is 9.28. The monoisotopic (exact) mass is 444 g/mol. The van der Waals surface area contributed by atoms with Gasteiger partial charge in [-0.2, -0.15) is 0 Å². The van der Waals surface area contributed by atoms with Gasteiger partial charge in [-0.15, -0.1) is 0 Å². The molecule has 7 heteroatoms. The Morgan fingerprint density at radius 1 is 1.18 bits per heavy atom. The van der Waals surface area contributed by atoms with E-state index in [0.717, 1.165) is 41.1 Å². The third-order valence-corrected chi connectivity index (χ3v) is 7.64. The highest BCUT2D eigenvalue weighted by Crippen LogP contribution is 2.55. The number of carbonyl (C=O) groups excluding carboxylic acids is 2. The minimum atomic E-state index is -0.406. The van der Waals surface area contributed by atoms with Crippen LogP contribution in [0.15, 0.2) is 36.8 Å². The molecule has 0 saturated heterocycles. The van der Waals surface area contributed by atoms with Gasteiger partial charge < -0.3 is 9.30 Å². The fourth-order valence-electron chi connectivity index (χ4n) is 5.99. The Hall–Kier alpha value is -3.35. The fraction of sp³-hybridized carbons (Fsp3) is 0.423. The standard InChI is InChI=1S/C26H28N4O3/c1-15-20-10-9-19-23(21-13-27-14-30(21)3)28-16(2)29-24(19)26(20,12-11-22(15)31)18-7-5-17(6-8-18)25(32)33-4/h5-8,13-15,20H,9-12H2,1-4H3/t15-,20-,26?/m0/s1. The van der Waals surface area contributed by atoms with Crippen LogP contribution in [0.3, 0.4) is 0 Å². The molecule has 0 N–H and O–H groups in total. The SMILES string of the molecule is COC(=O)c1ccc(C23CCC(=O)[C@@H](C)[C@@H]2CCc2c(-c4cncn4C)nc(C)nc23)cc1. The third-order valence-electron chi connectivity index (χ3n) is 7.64. The molecule has 1 unspecified atom stereocenters. The van der Waals surface area contributed by atoms with Crippen LogP contribution in [-0.2, 0) is 28.4 Å². The largest absolute Gasteiger partial charge is 0.465 e. The summed E-state index contributed by atoms with van der Waals surface area (Å²) in [7, 11) is 3.36. The van der Waals surface area contributed by atoms with Gasteiger partial charge in [0.2, 0.25) is 0 Å². The van der Waals surface area contributed by atoms with Crippen LogP contribution < -0.4 is 0 Å². The zero-order chi connectivity index (χ0) is 23.3. The molecule has 2 aliphatic rings. The Morgan fingerprint density at radius 3 is 2.61 bits per heavy atom. The Kier molecular flexibility index (Phi) is 5.15. The van der Waals surface area contributed by atoms with Crippen molar-refractivity contribution >= 4 is 11.8 Å². The average molecular weight is 445 g/mol. The number of aromatic nitrogens is 4. The first-order valence-corrected chi connectivity index (χ1v) is 11.4. The number of ketones is 1. The summed E-state index contributed by atoms with van der Waals surface area (Å²) < 4.78 is 6.87. The van der Waals surface area contributed by atoms with Crippen LogP contribution in [0.1, 0.15) is 59.2 Å². The Bertz CT molecular complexity index is 1250. The maximum absolute atomic E-state index is 12.8. The molecule has 0 spiro atoms. The lowest BCUT2D eigenvalue weighted by Gasteiger charge is -2.50. The number of methoxy groups -OCH3 is 1. The van der Waals surface area contributed by atoms with Crippen molar-refractivity contribution in [2.45, 2.75) is 44.9 Å². The van der Waals surface area contributed by atoms with Gasteiger partial charge in [-0.25, -0.2) is 19.7 Å². The Balaban J connectivity index is 1.76. The molecule has 1 aromatic carbocycles. The van der Waals surface area contributed by atoms with Crippen LogP contribution in [-0.4, -0.2) is 38.4 Å². The number of imidazole rings is 1. The van der Waals surface area contributed by atoms with Gasteiger partial charge in [0.15, 0.2) is 0 Å². The van der Waals surface area contributed by atoms with E-state index >= 15 is 0 Å². The lowest BCUT2D eigenvalue weighted by Crippen LogP contribution is -2.50. The van der Waals surface area contributed by atoms with Gasteiger partial charge in [0, 0.05) is 30.4 Å². The first kappa shape index (κ1) is 21.5. The van der Waals surface area contributed by atoms with E-state index in [1.54, 1.807) is 6.33 Å². The Morgan fingerprint density at radius 2 is 1.94 bits per heavy atom. The van der Waals surface area contributed by atoms with Crippen LogP contribution in [0.2, 0.25) is 0 Å². The molecule has 5 rings (SSSR count). The molecule has 2 aromatic heterocycles. The van der Waals surface area contributed by atoms with Crippen molar-refractivity contribution in [3.63, 3.8) is 0 Å². The highest BCUT2D eigenvalue weighted by Gasteiger charge is 2.53. The number of ether oxygens (including phenoxy) is 1. The second-order valence-corrected chi connectivity index (χ2v) is 9.28. The molecular formula is C26H28N4O3. The van der Waals surface area contributed by atoms with E-state index in [0.29, 0.717) is 30.0 Å². The first-order valence-electron chi connectivity index (χ1n) is 11.4. The van der Waals surface area contributed by atoms with Crippen molar-refractivity contribution in [1.29, 1.82) is 0 Å². The van der Waals surface area contributed by atoms with E-state index in [4.69, 9.17) is 14.7 Å². The average Bonchev–Trinajstić information content (AvgIpc) is 3.26. The maximum Gasteiger partial charge on any atom is 0.337 e. The summed E-state index contributed by atoms with van der Waals surface area (Å²) in [5, 5.41) is 0. The van der Waals surface area contributed by atoms with Crippen molar-refractivity contribution < 1.29 is 14.3 Å². The van der Waals surface area contributed by atoms with E-state index < -0.39 is 5.41 Å². The highest BCUT2D eigenvalue weighted by atomic mass is 16.5. The van der Waals surface area contributed by atoms with Crippen molar-refractivity contribution in [2.75, 3.05) is 7.11 Å². The van der Waals surface area contributed by atoms with Crippen molar-refractivity contribution in [3.8, 4) is 11.4 Å². The number of rotatable bonds is 3. The van der Waals surface area contributed by atoms with Crippen LogP contribution in [0.5, 0.6) is 0 Å². The zero-order valence-corrected chi connectivity index (χ0v) is 19.5. The summed E-state index contributed by atoms with van der Waals surface area (Å²) in [5.41, 5.74) is 5.24. The lowest BCUT2D eigenvalue weighted by atomic mass is 9.52. The number of benzene rings is 1. The molecule has 7 nitrogen and oxygen atoms in total. The van der Waals surface area contributed by atoms with Crippen molar-refractivity contribution in [1.82, 2.24) is 19.5 Å². The van der Waals surface area contributed by atoms with Crippen LogP contribution >= 0.6 is 0 Å². The van der Waals surface area contributed by atoms with E-state index in [1.165, 1.54) is 7.11 Å². The summed E-state index contributed by atoms with van der Waals surface area (Å²) in [6.45, 7) is 3.99. The molecule has 2 heterocycles. The molecule has 33 heavy (non-hydrogen) atoms. The van der Waals surface area contributed by atoms with E-state index in [1.807, 2.05) is 49.0 Å². The molecule has 3 atom stereocenters. The van der Waals surface area contributed by atoms with E-state index in [-0.39, 0.29) is 17.8 Å². The second kappa shape index (κ2) is 7.90. The van der Waals surface area contributed by atoms with Crippen LogP contribution in [0, 0.1) is 18.8 Å². The number of carbonyl (C=O) groups is 2. The summed E-state index contributed by atoms with van der Waals surface area (Å²) in [6.07, 6.45) is 6.55. The number of hydrogen-bond donors (Lipinski definition) is 0. The number of hydrogen-bond acceptors (Lipinski definition) is 6. The highest BCUT2D eigenvalue weighted by molar-refractivity contribution is 5.89. The van der Waals surface area contributed by atoms with Gasteiger partial charge in [0.1, 0.15) is 11.6 Å². The molecule has 0 radical (unpaired) electrons. The minimum Gasteiger partial charge on any atom is -0.465 e. The van der Waals surface area contributed by atoms with Gasteiger partial charge in [-0.3, -0.25) is 4.79 Å². The molecule has 170 valence electrons. The third kappa shape index (κ3) is 3.21. The molecule has 1 saturated carbocycles. The molecule has 0 amide bonds. The smallest absolute Gasteiger partial charge is 0.337 e. The molecule has 1 fully saturated rings. The van der Waals surface area contributed by atoms with Gasteiger partial charge in [-0.05, 0) is 49.8 Å². The van der Waals surface area contributed by atoms with Gasteiger partial charge in [-0.1, -0.05) is 19.1 Å². The molecular weight excluding hydrogens is 416 g/mol. The molecule has 0 aliphatic heterocycles. The number of fused-ring (bicyclic) bond motifs is 3. The maximum atomic E-state index is 12.8. The lowest BCUT2D eigenvalue weighted by molar-refractivity contribution is -0.128. The topological polar surface area (TPSA) is 87.0 Å². The number of aryl methyl sites for hydroxylation is 2. The molecule has 3 aromatic rings. The van der Waals surface area contributed by atoms with E-state index in [2.05, 4.69) is 11.9 Å². The predicted octanol–water partition coefficient (Wildman–Crippen LogP) is 3.82. The van der Waals surface area contributed by atoms with Crippen LogP contribution in [0.4, 0.5) is 0 Å². The normalized spacial score (nSPS) is 24.2. The fourth-order valence-corrected chi connectivity index (χ4v) is 5.99. The quantitative estimate of drug-likeness (QED) is 0.571. The van der Waals surface area contributed by atoms with Crippen LogP contribution in [0.25, 0.3) is 11.4 Å². The first-order chi connectivity index (χ1) is 15.9. The summed E-state index contributed by atoms with van der Waals surface area (Å²) in [5.74, 6) is 0.763. The van der Waals surface area contributed by atoms with Gasteiger partial charge in [0.05, 0.1) is 42.3 Å². The van der Waals surface area contributed by atoms with Crippen molar-refractivity contribution in [3.05, 3.63) is 65.0 Å². The van der Waals surface area contributed by atoms with E-state index in [9.17, 15) is 9.59 Å².